The third kappa shape index (κ3) is 3.72. The maximum Gasteiger partial charge on any atom is 0.293 e. The first-order chi connectivity index (χ1) is 12.0. The van der Waals surface area contributed by atoms with Gasteiger partial charge in [0, 0.05) is 38.7 Å². The Morgan fingerprint density at radius 3 is 2.72 bits per heavy atom. The van der Waals surface area contributed by atoms with E-state index in [4.69, 9.17) is 0 Å². The summed E-state index contributed by atoms with van der Waals surface area (Å²) in [6, 6.07) is 4.44. The van der Waals surface area contributed by atoms with Crippen LogP contribution < -0.4 is 10.6 Å². The van der Waals surface area contributed by atoms with Crippen LogP contribution in [0.5, 0.6) is 0 Å². The monoisotopic (exact) mass is 346 g/mol. The Morgan fingerprint density at radius 1 is 1.32 bits per heavy atom. The molecule has 2 aliphatic rings. The van der Waals surface area contributed by atoms with Gasteiger partial charge >= 0.3 is 0 Å². The maximum atomic E-state index is 12.1. The van der Waals surface area contributed by atoms with E-state index in [0.717, 1.165) is 25.8 Å². The first kappa shape index (κ1) is 17.2. The number of nitrogens with one attached hydrogen (secondary N) is 2. The van der Waals surface area contributed by atoms with E-state index in [9.17, 15) is 19.7 Å². The highest BCUT2D eigenvalue weighted by Gasteiger charge is 2.36. The second kappa shape index (κ2) is 7.08. The fraction of sp³-hybridized carbons (Fsp3) is 0.529. The van der Waals surface area contributed by atoms with Gasteiger partial charge in [0.15, 0.2) is 0 Å². The van der Waals surface area contributed by atoms with Crippen molar-refractivity contribution < 1.29 is 14.5 Å². The van der Waals surface area contributed by atoms with Crippen molar-refractivity contribution in [2.75, 3.05) is 32.0 Å². The molecule has 2 amide bonds. The van der Waals surface area contributed by atoms with Crippen LogP contribution in [-0.4, -0.2) is 48.3 Å². The molecule has 1 saturated heterocycles. The third-order valence-corrected chi connectivity index (χ3v) is 4.80. The summed E-state index contributed by atoms with van der Waals surface area (Å²) in [6.07, 6.45) is 2.84. The SMILES string of the molecule is CNC(=O)c1cccc([N+](=O)[O-])c1NC[C@@H]1CCN(C(=O)C2CC2)C1. The number of rotatable bonds is 6. The molecule has 0 spiro atoms. The molecule has 1 aromatic rings. The van der Waals surface area contributed by atoms with E-state index in [1.807, 2.05) is 4.90 Å². The number of para-hydroxylation sites is 1. The lowest BCUT2D eigenvalue weighted by atomic mass is 10.1. The van der Waals surface area contributed by atoms with Crippen molar-refractivity contribution in [3.05, 3.63) is 33.9 Å². The second-order valence-corrected chi connectivity index (χ2v) is 6.63. The average molecular weight is 346 g/mol. The number of anilines is 1. The van der Waals surface area contributed by atoms with Crippen molar-refractivity contribution in [2.45, 2.75) is 19.3 Å². The summed E-state index contributed by atoms with van der Waals surface area (Å²) in [5.41, 5.74) is 0.365. The number of likely N-dealkylation sites (tertiary alicyclic amines) is 1. The van der Waals surface area contributed by atoms with Crippen molar-refractivity contribution >= 4 is 23.2 Å². The molecule has 25 heavy (non-hydrogen) atoms. The highest BCUT2D eigenvalue weighted by atomic mass is 16.6. The van der Waals surface area contributed by atoms with Crippen LogP contribution in [0.3, 0.4) is 0 Å². The lowest BCUT2D eigenvalue weighted by molar-refractivity contribution is -0.384. The number of amides is 2. The predicted molar refractivity (Wildman–Crippen MR) is 92.4 cm³/mol. The van der Waals surface area contributed by atoms with Crippen LogP contribution in [0.1, 0.15) is 29.6 Å². The van der Waals surface area contributed by atoms with Gasteiger partial charge in [-0.25, -0.2) is 0 Å². The number of nitro benzene ring substituents is 1. The quantitative estimate of drug-likeness (QED) is 0.602. The molecule has 0 unspecified atom stereocenters. The van der Waals surface area contributed by atoms with E-state index in [2.05, 4.69) is 10.6 Å². The molecule has 0 bridgehead atoms. The highest BCUT2D eigenvalue weighted by molar-refractivity contribution is 6.01. The van der Waals surface area contributed by atoms with Crippen LogP contribution in [0.25, 0.3) is 0 Å². The normalized spacial score (nSPS) is 19.6. The molecule has 1 aliphatic heterocycles. The third-order valence-electron chi connectivity index (χ3n) is 4.80. The van der Waals surface area contributed by atoms with Gasteiger partial charge in [-0.1, -0.05) is 6.07 Å². The summed E-state index contributed by atoms with van der Waals surface area (Å²) in [5.74, 6) is 0.296. The smallest absolute Gasteiger partial charge is 0.293 e. The van der Waals surface area contributed by atoms with E-state index in [1.165, 1.54) is 19.2 Å². The predicted octanol–water partition coefficient (Wildman–Crippen LogP) is 1.62. The summed E-state index contributed by atoms with van der Waals surface area (Å²) in [5, 5.41) is 16.9. The number of benzene rings is 1. The van der Waals surface area contributed by atoms with Crippen molar-refractivity contribution in [1.82, 2.24) is 10.2 Å². The Labute approximate surface area is 145 Å². The molecule has 1 heterocycles. The van der Waals surface area contributed by atoms with Crippen molar-refractivity contribution in [2.24, 2.45) is 11.8 Å². The number of carbonyl (C=O) groups is 2. The zero-order valence-electron chi connectivity index (χ0n) is 14.2. The Hall–Kier alpha value is -2.64. The minimum Gasteiger partial charge on any atom is -0.378 e. The largest absolute Gasteiger partial charge is 0.378 e. The first-order valence-corrected chi connectivity index (χ1v) is 8.53. The van der Waals surface area contributed by atoms with E-state index in [0.29, 0.717) is 13.1 Å². The lowest BCUT2D eigenvalue weighted by Crippen LogP contribution is -2.31. The number of nitro groups is 1. The van der Waals surface area contributed by atoms with E-state index >= 15 is 0 Å². The number of hydrogen-bond acceptors (Lipinski definition) is 5. The Morgan fingerprint density at radius 2 is 2.08 bits per heavy atom. The molecule has 1 atom stereocenters. The Bertz CT molecular complexity index is 702. The van der Waals surface area contributed by atoms with Gasteiger partial charge in [0.05, 0.1) is 10.5 Å². The van der Waals surface area contributed by atoms with Crippen LogP contribution in [0.4, 0.5) is 11.4 Å². The molecule has 0 radical (unpaired) electrons. The van der Waals surface area contributed by atoms with Crippen LogP contribution in [0.15, 0.2) is 18.2 Å². The second-order valence-electron chi connectivity index (χ2n) is 6.63. The average Bonchev–Trinajstić information content (AvgIpc) is 3.36. The van der Waals surface area contributed by atoms with Gasteiger partial charge in [0.25, 0.3) is 11.6 Å². The Balaban J connectivity index is 1.69. The maximum absolute atomic E-state index is 12.1. The van der Waals surface area contributed by atoms with Gasteiger partial charge in [0.1, 0.15) is 5.69 Å². The zero-order chi connectivity index (χ0) is 18.0. The van der Waals surface area contributed by atoms with Crippen LogP contribution in [-0.2, 0) is 4.79 Å². The van der Waals surface area contributed by atoms with E-state index < -0.39 is 4.92 Å². The molecule has 134 valence electrons. The summed E-state index contributed by atoms with van der Waals surface area (Å²) >= 11 is 0. The molecule has 8 nitrogen and oxygen atoms in total. The van der Waals surface area contributed by atoms with Gasteiger partial charge in [-0.3, -0.25) is 19.7 Å². The summed E-state index contributed by atoms with van der Waals surface area (Å²) in [7, 11) is 1.49. The number of nitrogens with zero attached hydrogens (tertiary/aromatic N) is 2. The molecule has 1 saturated carbocycles. The van der Waals surface area contributed by atoms with E-state index in [1.54, 1.807) is 6.07 Å². The summed E-state index contributed by atoms with van der Waals surface area (Å²) < 4.78 is 0. The molecule has 1 aliphatic carbocycles. The molecular formula is C17H22N4O4. The fourth-order valence-corrected chi connectivity index (χ4v) is 3.24. The zero-order valence-corrected chi connectivity index (χ0v) is 14.2. The molecule has 1 aromatic carbocycles. The van der Waals surface area contributed by atoms with Gasteiger partial charge in [-0.15, -0.1) is 0 Å². The minimum atomic E-state index is -0.494. The topological polar surface area (TPSA) is 105 Å². The van der Waals surface area contributed by atoms with Crippen molar-refractivity contribution in [3.8, 4) is 0 Å². The molecule has 8 heteroatoms. The molecule has 0 aromatic heterocycles. The Kier molecular flexibility index (Phi) is 4.87. The van der Waals surface area contributed by atoms with Gasteiger partial charge < -0.3 is 15.5 Å². The summed E-state index contributed by atoms with van der Waals surface area (Å²) in [4.78, 5) is 36.8. The van der Waals surface area contributed by atoms with Crippen LogP contribution in [0.2, 0.25) is 0 Å². The van der Waals surface area contributed by atoms with Crippen molar-refractivity contribution in [3.63, 3.8) is 0 Å². The fourth-order valence-electron chi connectivity index (χ4n) is 3.24. The van der Waals surface area contributed by atoms with Gasteiger partial charge in [-0.2, -0.15) is 0 Å². The number of carbonyl (C=O) groups excluding carboxylic acids is 2. The van der Waals surface area contributed by atoms with Crippen molar-refractivity contribution in [1.29, 1.82) is 0 Å². The molecule has 3 rings (SSSR count). The van der Waals surface area contributed by atoms with Crippen LogP contribution in [0, 0.1) is 22.0 Å². The summed E-state index contributed by atoms with van der Waals surface area (Å²) in [6.45, 7) is 1.89. The minimum absolute atomic E-state index is 0.120. The molecular weight excluding hydrogens is 324 g/mol. The van der Waals surface area contributed by atoms with Crippen LogP contribution >= 0.6 is 0 Å². The highest BCUT2D eigenvalue weighted by Crippen LogP contribution is 2.33. The molecule has 2 fully saturated rings. The van der Waals surface area contributed by atoms with Gasteiger partial charge in [0.2, 0.25) is 5.91 Å². The van der Waals surface area contributed by atoms with E-state index in [-0.39, 0.29) is 40.6 Å². The standard InChI is InChI=1S/C17H22N4O4/c1-18-16(22)13-3-2-4-14(21(24)25)15(13)19-9-11-7-8-20(10-11)17(23)12-5-6-12/h2-4,11-12,19H,5-10H2,1H3,(H,18,22)/t11-/m0/s1. The number of hydrogen-bond donors (Lipinski definition) is 2. The first-order valence-electron chi connectivity index (χ1n) is 8.53. The molecule has 2 N–H and O–H groups in total. The lowest BCUT2D eigenvalue weighted by Gasteiger charge is -2.17. The van der Waals surface area contributed by atoms with Gasteiger partial charge in [-0.05, 0) is 31.2 Å².